The lowest BCUT2D eigenvalue weighted by Crippen LogP contribution is -2.18. The summed E-state index contributed by atoms with van der Waals surface area (Å²) in [5, 5.41) is 14.0. The summed E-state index contributed by atoms with van der Waals surface area (Å²) < 4.78 is 5.01. The molecule has 1 aliphatic rings. The minimum absolute atomic E-state index is 0.723. The number of nitrogens with one attached hydrogen (secondary N) is 1. The summed E-state index contributed by atoms with van der Waals surface area (Å²) in [5.41, 5.74) is 1.50. The van der Waals surface area contributed by atoms with Gasteiger partial charge in [-0.05, 0) is 23.8 Å². The van der Waals surface area contributed by atoms with Gasteiger partial charge in [0.05, 0.1) is 11.5 Å². The van der Waals surface area contributed by atoms with Gasteiger partial charge in [-0.1, -0.05) is 11.3 Å². The van der Waals surface area contributed by atoms with E-state index in [0.29, 0.717) is 0 Å². The van der Waals surface area contributed by atoms with Crippen LogP contribution in [0.1, 0.15) is 15.4 Å². The fourth-order valence-electron chi connectivity index (χ4n) is 2.05. The second-order valence-electron chi connectivity index (χ2n) is 4.53. The van der Waals surface area contributed by atoms with Crippen molar-refractivity contribution < 1.29 is 4.74 Å². The highest BCUT2D eigenvalue weighted by molar-refractivity contribution is 7.98. The topological polar surface area (TPSA) is 47.0 Å². The van der Waals surface area contributed by atoms with Crippen LogP contribution in [0.2, 0.25) is 0 Å². The number of thioether (sulfide) groups is 1. The molecule has 0 saturated heterocycles. The van der Waals surface area contributed by atoms with E-state index in [-0.39, 0.29) is 0 Å². The summed E-state index contributed by atoms with van der Waals surface area (Å²) in [6, 6.07) is 2.30. The third-order valence-corrected chi connectivity index (χ3v) is 6.40. The maximum Gasteiger partial charge on any atom is 0.157 e. The van der Waals surface area contributed by atoms with E-state index in [4.69, 9.17) is 4.74 Å². The van der Waals surface area contributed by atoms with Gasteiger partial charge < -0.3 is 10.1 Å². The van der Waals surface area contributed by atoms with Crippen LogP contribution in [0.15, 0.2) is 6.07 Å². The van der Waals surface area contributed by atoms with Gasteiger partial charge in [0.25, 0.3) is 0 Å². The molecule has 1 N–H and O–H groups in total. The molecule has 0 saturated carbocycles. The van der Waals surface area contributed by atoms with Gasteiger partial charge in [-0.3, -0.25) is 0 Å². The Labute approximate surface area is 131 Å². The van der Waals surface area contributed by atoms with Crippen LogP contribution < -0.4 is 5.32 Å². The first-order valence-electron chi connectivity index (χ1n) is 6.58. The van der Waals surface area contributed by atoms with Crippen molar-refractivity contribution in [2.24, 2.45) is 0 Å². The van der Waals surface area contributed by atoms with Gasteiger partial charge in [-0.2, -0.15) is 11.8 Å². The molecule has 2 aromatic rings. The highest BCUT2D eigenvalue weighted by Crippen LogP contribution is 2.37. The smallest absolute Gasteiger partial charge is 0.157 e. The number of aromatic nitrogens is 2. The molecule has 2 aromatic heterocycles. The molecule has 0 atom stereocenters. The van der Waals surface area contributed by atoms with Gasteiger partial charge in [0.2, 0.25) is 0 Å². The Morgan fingerprint density at radius 1 is 1.35 bits per heavy atom. The number of rotatable bonds is 6. The first kappa shape index (κ1) is 14.5. The van der Waals surface area contributed by atoms with Crippen LogP contribution in [0.5, 0.6) is 0 Å². The Hall–Kier alpha value is -0.470. The van der Waals surface area contributed by atoms with Crippen LogP contribution in [-0.2, 0) is 23.5 Å². The van der Waals surface area contributed by atoms with E-state index in [1.54, 1.807) is 18.4 Å². The summed E-state index contributed by atoms with van der Waals surface area (Å²) in [4.78, 5) is 2.81. The molecule has 3 heterocycles. The van der Waals surface area contributed by atoms with E-state index >= 15 is 0 Å². The molecule has 3 rings (SSSR count). The minimum Gasteiger partial charge on any atom is -0.383 e. The number of fused-ring (bicyclic) bond motifs is 1. The number of hydrogen-bond acceptors (Lipinski definition) is 7. The van der Waals surface area contributed by atoms with E-state index in [9.17, 15) is 0 Å². The van der Waals surface area contributed by atoms with Gasteiger partial charge >= 0.3 is 0 Å². The second-order valence-corrected chi connectivity index (χ2v) is 7.84. The van der Waals surface area contributed by atoms with Crippen molar-refractivity contribution in [1.29, 1.82) is 0 Å². The molecule has 0 radical (unpaired) electrons. The summed E-state index contributed by atoms with van der Waals surface area (Å²) >= 11 is 5.59. The molecular formula is C13H17N3OS3. The lowest BCUT2D eigenvalue weighted by molar-refractivity contribution is 0.199. The zero-order valence-corrected chi connectivity index (χ0v) is 13.8. The zero-order chi connectivity index (χ0) is 13.8. The normalized spacial score (nSPS) is 14.4. The number of nitrogens with zero attached hydrogens (tertiary/aromatic N) is 2. The molecule has 1 aliphatic heterocycles. The Balaban J connectivity index is 1.65. The SMILES string of the molecule is COCCNCc1nnc(-c2cc3c(s2)CCSC3)s1. The van der Waals surface area contributed by atoms with Crippen molar-refractivity contribution >= 4 is 34.4 Å². The van der Waals surface area contributed by atoms with Gasteiger partial charge in [0, 0.05) is 30.8 Å². The van der Waals surface area contributed by atoms with Crippen LogP contribution in [0.25, 0.3) is 9.88 Å². The average Bonchev–Trinajstić information content (AvgIpc) is 3.09. The van der Waals surface area contributed by atoms with Gasteiger partial charge in [-0.15, -0.1) is 21.5 Å². The average molecular weight is 328 g/mol. The van der Waals surface area contributed by atoms with Crippen molar-refractivity contribution in [3.8, 4) is 9.88 Å². The maximum absolute atomic E-state index is 5.01. The number of ether oxygens (including phenoxy) is 1. The van der Waals surface area contributed by atoms with Crippen LogP contribution in [0.3, 0.4) is 0 Å². The standard InChI is InChI=1S/C13H17N3OS3/c1-17-4-3-14-7-12-15-16-13(20-12)11-6-9-8-18-5-2-10(9)19-11/h6,14H,2-5,7-8H2,1H3. The summed E-state index contributed by atoms with van der Waals surface area (Å²) in [6.07, 6.45) is 1.20. The number of hydrogen-bond donors (Lipinski definition) is 1. The van der Waals surface area contributed by atoms with Gasteiger partial charge in [0.15, 0.2) is 5.01 Å². The fourth-order valence-corrected chi connectivity index (χ4v) is 5.27. The molecule has 0 spiro atoms. The molecule has 0 fully saturated rings. The Morgan fingerprint density at radius 2 is 2.30 bits per heavy atom. The summed E-state index contributed by atoms with van der Waals surface area (Å²) in [6.45, 7) is 2.33. The van der Waals surface area contributed by atoms with Crippen LogP contribution >= 0.6 is 34.4 Å². The molecule has 0 aliphatic carbocycles. The molecule has 20 heavy (non-hydrogen) atoms. The van der Waals surface area contributed by atoms with Crippen molar-refractivity contribution in [2.75, 3.05) is 26.0 Å². The number of methoxy groups -OCH3 is 1. The predicted octanol–water partition coefficient (Wildman–Crippen LogP) is 2.79. The van der Waals surface area contributed by atoms with Gasteiger partial charge in [0.1, 0.15) is 5.01 Å². The lowest BCUT2D eigenvalue weighted by atomic mass is 10.2. The van der Waals surface area contributed by atoms with Crippen LogP contribution in [-0.4, -0.2) is 36.2 Å². The molecule has 0 aromatic carbocycles. The quantitative estimate of drug-likeness (QED) is 0.827. The molecule has 4 nitrogen and oxygen atoms in total. The summed E-state index contributed by atoms with van der Waals surface area (Å²) in [5.74, 6) is 2.40. The molecule has 0 bridgehead atoms. The van der Waals surface area contributed by atoms with E-state index in [2.05, 4.69) is 21.6 Å². The van der Waals surface area contributed by atoms with E-state index in [1.165, 1.54) is 27.5 Å². The monoisotopic (exact) mass is 327 g/mol. The third kappa shape index (κ3) is 3.40. The highest BCUT2D eigenvalue weighted by Gasteiger charge is 2.16. The largest absolute Gasteiger partial charge is 0.383 e. The highest BCUT2D eigenvalue weighted by atomic mass is 32.2. The Morgan fingerprint density at radius 3 is 3.15 bits per heavy atom. The summed E-state index contributed by atoms with van der Waals surface area (Å²) in [7, 11) is 1.71. The van der Waals surface area contributed by atoms with Crippen molar-refractivity contribution in [1.82, 2.24) is 15.5 Å². The predicted molar refractivity (Wildman–Crippen MR) is 86.7 cm³/mol. The minimum atomic E-state index is 0.723. The molecule has 0 amide bonds. The second kappa shape index (κ2) is 7.00. The van der Waals surface area contributed by atoms with Crippen molar-refractivity contribution in [3.05, 3.63) is 21.5 Å². The Kier molecular flexibility index (Phi) is 5.06. The van der Waals surface area contributed by atoms with Crippen LogP contribution in [0, 0.1) is 0 Å². The van der Waals surface area contributed by atoms with E-state index in [1.807, 2.05) is 23.1 Å². The Bertz CT molecular complexity index is 543. The third-order valence-electron chi connectivity index (χ3n) is 3.06. The van der Waals surface area contributed by atoms with Crippen molar-refractivity contribution in [3.63, 3.8) is 0 Å². The first-order chi connectivity index (χ1) is 9.86. The van der Waals surface area contributed by atoms with Crippen molar-refractivity contribution in [2.45, 2.75) is 18.7 Å². The number of thiophene rings is 1. The molecule has 0 unspecified atom stereocenters. The van der Waals surface area contributed by atoms with Gasteiger partial charge in [-0.25, -0.2) is 0 Å². The maximum atomic E-state index is 5.01. The molecular weight excluding hydrogens is 310 g/mol. The molecule has 108 valence electrons. The fraction of sp³-hybridized carbons (Fsp3) is 0.538. The first-order valence-corrected chi connectivity index (χ1v) is 9.37. The van der Waals surface area contributed by atoms with E-state index < -0.39 is 0 Å². The van der Waals surface area contributed by atoms with Crippen LogP contribution in [0.4, 0.5) is 0 Å². The lowest BCUT2D eigenvalue weighted by Gasteiger charge is -2.08. The number of aryl methyl sites for hydroxylation is 1. The van der Waals surface area contributed by atoms with E-state index in [0.717, 1.165) is 35.5 Å². The zero-order valence-electron chi connectivity index (χ0n) is 11.3. The molecule has 7 heteroatoms.